The van der Waals surface area contributed by atoms with Gasteiger partial charge in [0, 0.05) is 0 Å². The number of aliphatic hydroxyl groups excluding tert-OH is 1. The van der Waals surface area contributed by atoms with Gasteiger partial charge in [0.2, 0.25) is 12.8 Å². The van der Waals surface area contributed by atoms with Crippen molar-refractivity contribution in [3.63, 3.8) is 0 Å². The number of hydrogen-bond acceptors (Lipinski definition) is 5. The first-order valence-electron chi connectivity index (χ1n) is 4.44. The molecule has 0 radical (unpaired) electrons. The summed E-state index contributed by atoms with van der Waals surface area (Å²) < 4.78 is 0. The summed E-state index contributed by atoms with van der Waals surface area (Å²) in [7, 11) is 0. The second-order valence-corrected chi connectivity index (χ2v) is 3.79. The van der Waals surface area contributed by atoms with Crippen molar-refractivity contribution in [2.24, 2.45) is 10.4 Å². The third-order valence-corrected chi connectivity index (χ3v) is 1.49. The predicted octanol–water partition coefficient (Wildman–Crippen LogP) is -0.0238. The molecule has 86 valence electrons. The SMILES string of the molecule is CC(C)(C)N(C=O)N=NN(C=O)CCO. The molecule has 0 saturated heterocycles. The first-order valence-corrected chi connectivity index (χ1v) is 4.44. The van der Waals surface area contributed by atoms with Crippen molar-refractivity contribution in [2.75, 3.05) is 13.2 Å². The molecule has 7 heteroatoms. The van der Waals surface area contributed by atoms with E-state index in [0.717, 1.165) is 10.0 Å². The highest BCUT2D eigenvalue weighted by Gasteiger charge is 2.19. The van der Waals surface area contributed by atoms with Gasteiger partial charge in [-0.15, -0.1) is 0 Å². The van der Waals surface area contributed by atoms with E-state index in [1.807, 2.05) is 0 Å². The van der Waals surface area contributed by atoms with Crippen LogP contribution in [-0.4, -0.2) is 46.6 Å². The van der Waals surface area contributed by atoms with Crippen molar-refractivity contribution >= 4 is 12.8 Å². The topological polar surface area (TPSA) is 85.6 Å². The molecule has 0 aromatic rings. The molecule has 0 heterocycles. The highest BCUT2D eigenvalue weighted by Crippen LogP contribution is 2.11. The first-order chi connectivity index (χ1) is 6.95. The third kappa shape index (κ3) is 5.06. The Balaban J connectivity index is 4.45. The van der Waals surface area contributed by atoms with Gasteiger partial charge >= 0.3 is 0 Å². The molecule has 7 nitrogen and oxygen atoms in total. The van der Waals surface area contributed by atoms with Gasteiger partial charge in [-0.1, -0.05) is 0 Å². The highest BCUT2D eigenvalue weighted by atomic mass is 16.3. The minimum absolute atomic E-state index is 0.0455. The van der Waals surface area contributed by atoms with Gasteiger partial charge < -0.3 is 5.11 Å². The van der Waals surface area contributed by atoms with Gasteiger partial charge in [-0.3, -0.25) is 9.59 Å². The maximum Gasteiger partial charge on any atom is 0.231 e. The van der Waals surface area contributed by atoms with Crippen LogP contribution in [0.3, 0.4) is 0 Å². The average molecular weight is 216 g/mol. The second kappa shape index (κ2) is 6.07. The van der Waals surface area contributed by atoms with Crippen LogP contribution in [0.4, 0.5) is 0 Å². The molecule has 0 aromatic carbocycles. The van der Waals surface area contributed by atoms with E-state index in [1.165, 1.54) is 0 Å². The van der Waals surface area contributed by atoms with Gasteiger partial charge in [-0.05, 0) is 31.2 Å². The minimum atomic E-state index is -0.501. The zero-order valence-electron chi connectivity index (χ0n) is 9.12. The Morgan fingerprint density at radius 3 is 2.13 bits per heavy atom. The average Bonchev–Trinajstić information content (AvgIpc) is 2.15. The lowest BCUT2D eigenvalue weighted by atomic mass is 10.1. The molecule has 0 fully saturated rings. The van der Waals surface area contributed by atoms with Gasteiger partial charge in [0.25, 0.3) is 0 Å². The van der Waals surface area contributed by atoms with Crippen molar-refractivity contribution in [1.29, 1.82) is 0 Å². The number of carbonyl (C=O) groups is 2. The van der Waals surface area contributed by atoms with Crippen LogP contribution in [-0.2, 0) is 9.59 Å². The number of hydrogen-bond donors (Lipinski definition) is 1. The molecule has 0 bridgehead atoms. The van der Waals surface area contributed by atoms with Crippen molar-refractivity contribution in [3.8, 4) is 0 Å². The molecule has 0 saturated carbocycles. The third-order valence-electron chi connectivity index (χ3n) is 1.49. The second-order valence-electron chi connectivity index (χ2n) is 3.79. The molecule has 2 amide bonds. The Bertz CT molecular complexity index is 237. The molecule has 0 unspecified atom stereocenters. The number of nitrogens with zero attached hydrogens (tertiary/aromatic N) is 4. The van der Waals surface area contributed by atoms with Crippen molar-refractivity contribution in [2.45, 2.75) is 26.3 Å². The minimum Gasteiger partial charge on any atom is -0.394 e. The zero-order chi connectivity index (χ0) is 11.9. The molecular formula is C8H16N4O3. The summed E-state index contributed by atoms with van der Waals surface area (Å²) >= 11 is 0. The molecule has 0 aliphatic rings. The molecule has 1 N–H and O–H groups in total. The van der Waals surface area contributed by atoms with Gasteiger partial charge in [0.15, 0.2) is 0 Å². The lowest BCUT2D eigenvalue weighted by molar-refractivity contribution is -0.125. The standard InChI is InChI=1S/C8H16N4O3/c1-8(2,3)12(7-15)10-9-11(6-14)4-5-13/h6-7,13H,4-5H2,1-3H3. The molecule has 15 heavy (non-hydrogen) atoms. The van der Waals surface area contributed by atoms with Crippen LogP contribution in [0.2, 0.25) is 0 Å². The van der Waals surface area contributed by atoms with E-state index in [1.54, 1.807) is 20.8 Å². The van der Waals surface area contributed by atoms with Crippen LogP contribution >= 0.6 is 0 Å². The lowest BCUT2D eigenvalue weighted by Crippen LogP contribution is -2.36. The van der Waals surface area contributed by atoms with Crippen LogP contribution in [0.15, 0.2) is 10.4 Å². The van der Waals surface area contributed by atoms with E-state index in [-0.39, 0.29) is 13.2 Å². The molecular weight excluding hydrogens is 200 g/mol. The summed E-state index contributed by atoms with van der Waals surface area (Å²) in [5, 5.41) is 17.6. The Hall–Kier alpha value is -1.50. The summed E-state index contributed by atoms with van der Waals surface area (Å²) in [6.07, 6.45) is 0.941. The van der Waals surface area contributed by atoms with Crippen LogP contribution in [0.25, 0.3) is 0 Å². The Kier molecular flexibility index (Phi) is 5.46. The molecule has 0 aromatic heterocycles. The van der Waals surface area contributed by atoms with Gasteiger partial charge in [-0.2, -0.15) is 0 Å². The number of aliphatic hydroxyl groups is 1. The van der Waals surface area contributed by atoms with Gasteiger partial charge in [-0.25, -0.2) is 10.0 Å². The van der Waals surface area contributed by atoms with Gasteiger partial charge in [0.1, 0.15) is 0 Å². The maximum absolute atomic E-state index is 10.6. The number of amides is 2. The Morgan fingerprint density at radius 2 is 1.80 bits per heavy atom. The van der Waals surface area contributed by atoms with Crippen LogP contribution in [0.5, 0.6) is 0 Å². The van der Waals surface area contributed by atoms with Crippen molar-refractivity contribution < 1.29 is 14.7 Å². The summed E-state index contributed by atoms with van der Waals surface area (Å²) in [6, 6.07) is 0. The molecule has 0 aliphatic heterocycles. The number of rotatable bonds is 6. The summed E-state index contributed by atoms with van der Waals surface area (Å²) in [6.45, 7) is 5.16. The largest absolute Gasteiger partial charge is 0.394 e. The normalized spacial score (nSPS) is 11.5. The van der Waals surface area contributed by atoms with Crippen LogP contribution < -0.4 is 0 Å². The molecule has 0 aliphatic carbocycles. The summed E-state index contributed by atoms with van der Waals surface area (Å²) in [5.41, 5.74) is -0.501. The Morgan fingerprint density at radius 1 is 1.20 bits per heavy atom. The fraction of sp³-hybridized carbons (Fsp3) is 0.750. The first kappa shape index (κ1) is 13.5. The molecule has 0 spiro atoms. The summed E-state index contributed by atoms with van der Waals surface area (Å²) in [5.74, 6) is 0. The quantitative estimate of drug-likeness (QED) is 0.384. The predicted molar refractivity (Wildman–Crippen MR) is 52.4 cm³/mol. The van der Waals surface area contributed by atoms with Crippen molar-refractivity contribution in [3.05, 3.63) is 0 Å². The summed E-state index contributed by atoms with van der Waals surface area (Å²) in [4.78, 5) is 21.0. The van der Waals surface area contributed by atoms with Crippen molar-refractivity contribution in [1.82, 2.24) is 10.0 Å². The lowest BCUT2D eigenvalue weighted by Gasteiger charge is -2.25. The molecule has 0 atom stereocenters. The number of carbonyl (C=O) groups excluding carboxylic acids is 2. The smallest absolute Gasteiger partial charge is 0.231 e. The van der Waals surface area contributed by atoms with E-state index in [2.05, 4.69) is 10.4 Å². The monoisotopic (exact) mass is 216 g/mol. The highest BCUT2D eigenvalue weighted by molar-refractivity contribution is 5.48. The van der Waals surface area contributed by atoms with E-state index in [9.17, 15) is 9.59 Å². The van der Waals surface area contributed by atoms with Crippen LogP contribution in [0, 0.1) is 0 Å². The van der Waals surface area contributed by atoms with E-state index in [0.29, 0.717) is 12.8 Å². The van der Waals surface area contributed by atoms with Gasteiger partial charge in [0.05, 0.1) is 18.7 Å². The van der Waals surface area contributed by atoms with E-state index < -0.39 is 5.54 Å². The van der Waals surface area contributed by atoms with E-state index in [4.69, 9.17) is 5.11 Å². The molecule has 0 rings (SSSR count). The Labute approximate surface area is 88.3 Å². The fourth-order valence-corrected chi connectivity index (χ4v) is 0.629. The zero-order valence-corrected chi connectivity index (χ0v) is 9.12. The fourth-order valence-electron chi connectivity index (χ4n) is 0.629. The maximum atomic E-state index is 10.6. The van der Waals surface area contributed by atoms with Crippen LogP contribution in [0.1, 0.15) is 20.8 Å². The van der Waals surface area contributed by atoms with E-state index >= 15 is 0 Å².